The van der Waals surface area contributed by atoms with Crippen molar-refractivity contribution < 1.29 is 35.8 Å². The third-order valence-electron chi connectivity index (χ3n) is 3.60. The van der Waals surface area contributed by atoms with Gasteiger partial charge in [0.2, 0.25) is 10.0 Å². The molecule has 27 heavy (non-hydrogen) atoms. The first kappa shape index (κ1) is 21.0. The quantitative estimate of drug-likeness (QED) is 0.730. The van der Waals surface area contributed by atoms with Gasteiger partial charge in [-0.1, -0.05) is 18.2 Å². The summed E-state index contributed by atoms with van der Waals surface area (Å²) in [5.74, 6) is 0.0300. The molecule has 1 N–H and O–H groups in total. The number of nitrogens with one attached hydrogen (secondary N) is 1. The monoisotopic (exact) mass is 405 g/mol. The number of ether oxygens (including phenoxy) is 3. The lowest BCUT2D eigenvalue weighted by atomic mass is 10.1. The lowest BCUT2D eigenvalue weighted by Crippen LogP contribution is -2.29. The van der Waals surface area contributed by atoms with Gasteiger partial charge in [0.25, 0.3) is 0 Å². The molecule has 0 heterocycles. The first-order chi connectivity index (χ1) is 12.7. The second-order valence-electron chi connectivity index (χ2n) is 5.34. The Morgan fingerprint density at radius 2 is 1.67 bits per heavy atom. The molecule has 0 aliphatic rings. The summed E-state index contributed by atoms with van der Waals surface area (Å²) in [4.78, 5) is -0.202. The van der Waals surface area contributed by atoms with E-state index < -0.39 is 28.2 Å². The second kappa shape index (κ2) is 8.59. The fraction of sp³-hybridized carbons (Fsp3) is 0.294. The zero-order valence-corrected chi connectivity index (χ0v) is 15.3. The Bertz CT molecular complexity index is 854. The van der Waals surface area contributed by atoms with Gasteiger partial charge in [-0.3, -0.25) is 0 Å². The average molecular weight is 405 g/mol. The van der Waals surface area contributed by atoms with Gasteiger partial charge in [0, 0.05) is 19.2 Å². The average Bonchev–Trinajstić information content (AvgIpc) is 2.61. The molecular weight excluding hydrogens is 387 g/mol. The maximum Gasteiger partial charge on any atom is 0.573 e. The highest BCUT2D eigenvalue weighted by Gasteiger charge is 2.31. The number of alkyl halides is 3. The van der Waals surface area contributed by atoms with Gasteiger partial charge in [-0.05, 0) is 30.3 Å². The highest BCUT2D eigenvalue weighted by atomic mass is 32.2. The lowest BCUT2D eigenvalue weighted by Gasteiger charge is -2.19. The van der Waals surface area contributed by atoms with Crippen molar-refractivity contribution >= 4 is 10.0 Å². The van der Waals surface area contributed by atoms with Crippen LogP contribution < -0.4 is 14.2 Å². The molecule has 0 aliphatic carbocycles. The Morgan fingerprint density at radius 1 is 1.04 bits per heavy atom. The molecule has 0 aromatic heterocycles. The van der Waals surface area contributed by atoms with E-state index in [1.807, 2.05) is 0 Å². The Labute approximate surface area is 154 Å². The van der Waals surface area contributed by atoms with Crippen LogP contribution in [0, 0.1) is 0 Å². The molecule has 2 rings (SSSR count). The molecule has 10 heteroatoms. The smallest absolute Gasteiger partial charge is 0.496 e. The summed E-state index contributed by atoms with van der Waals surface area (Å²) >= 11 is 0. The van der Waals surface area contributed by atoms with Crippen molar-refractivity contribution in [3.05, 3.63) is 54.1 Å². The van der Waals surface area contributed by atoms with Gasteiger partial charge in [-0.25, -0.2) is 13.1 Å². The number of hydrogen-bond donors (Lipinski definition) is 1. The molecule has 2 aromatic carbocycles. The van der Waals surface area contributed by atoms with Gasteiger partial charge in [0.1, 0.15) is 11.5 Å². The first-order valence-electron chi connectivity index (χ1n) is 7.67. The number of benzene rings is 2. The minimum atomic E-state index is -4.85. The SMILES string of the molecule is COc1ccccc1C(CNS(=O)(=O)c1ccc(OC(F)(F)F)cc1)OC. The predicted molar refractivity (Wildman–Crippen MR) is 91.1 cm³/mol. The number of halogens is 3. The van der Waals surface area contributed by atoms with E-state index in [1.165, 1.54) is 14.2 Å². The van der Waals surface area contributed by atoms with Gasteiger partial charge in [0.15, 0.2) is 0 Å². The molecule has 0 spiro atoms. The molecule has 0 fully saturated rings. The van der Waals surface area contributed by atoms with E-state index in [4.69, 9.17) is 9.47 Å². The van der Waals surface area contributed by atoms with Gasteiger partial charge in [0.05, 0.1) is 18.1 Å². The van der Waals surface area contributed by atoms with Crippen LogP contribution in [-0.4, -0.2) is 35.5 Å². The Morgan fingerprint density at radius 3 is 2.22 bits per heavy atom. The summed E-state index contributed by atoms with van der Waals surface area (Å²) in [5.41, 5.74) is 0.652. The molecule has 0 saturated heterocycles. The molecule has 148 valence electrons. The Kier molecular flexibility index (Phi) is 6.68. The van der Waals surface area contributed by atoms with Crippen molar-refractivity contribution in [2.75, 3.05) is 20.8 Å². The van der Waals surface area contributed by atoms with E-state index >= 15 is 0 Å². The van der Waals surface area contributed by atoms with Crippen LogP contribution in [0.15, 0.2) is 53.4 Å². The molecule has 2 aromatic rings. The standard InChI is InChI=1S/C17H18F3NO5S/c1-24-15-6-4-3-5-14(15)16(25-2)11-21-27(22,23)13-9-7-12(8-10-13)26-17(18,19)20/h3-10,16,21H,11H2,1-2H3. The number of hydrogen-bond acceptors (Lipinski definition) is 5. The zero-order chi connectivity index (χ0) is 20.1. The zero-order valence-electron chi connectivity index (χ0n) is 14.5. The maximum atomic E-state index is 12.4. The van der Waals surface area contributed by atoms with Gasteiger partial charge in [-0.2, -0.15) is 0 Å². The Balaban J connectivity index is 2.11. The van der Waals surface area contributed by atoms with Crippen LogP contribution in [0.4, 0.5) is 13.2 Å². The van der Waals surface area contributed by atoms with Gasteiger partial charge >= 0.3 is 6.36 Å². The first-order valence-corrected chi connectivity index (χ1v) is 9.16. The van der Waals surface area contributed by atoms with Crippen molar-refractivity contribution in [2.45, 2.75) is 17.4 Å². The summed E-state index contributed by atoms with van der Waals surface area (Å²) in [7, 11) is -1.05. The van der Waals surface area contributed by atoms with Crippen LogP contribution >= 0.6 is 0 Å². The van der Waals surface area contributed by atoms with E-state index in [0.717, 1.165) is 24.3 Å². The van der Waals surface area contributed by atoms with Crippen molar-refractivity contribution in [3.8, 4) is 11.5 Å². The molecule has 0 radical (unpaired) electrons. The van der Waals surface area contributed by atoms with Crippen molar-refractivity contribution in [2.24, 2.45) is 0 Å². The van der Waals surface area contributed by atoms with Crippen molar-refractivity contribution in [3.63, 3.8) is 0 Å². The molecular formula is C17H18F3NO5S. The highest BCUT2D eigenvalue weighted by molar-refractivity contribution is 7.89. The topological polar surface area (TPSA) is 73.9 Å². The summed E-state index contributed by atoms with van der Waals surface area (Å²) in [6.45, 7) is -0.0972. The van der Waals surface area contributed by atoms with Crippen LogP contribution in [0.25, 0.3) is 0 Å². The summed E-state index contributed by atoms with van der Waals surface area (Å²) in [6, 6.07) is 10.9. The molecule has 0 saturated carbocycles. The largest absolute Gasteiger partial charge is 0.573 e. The van der Waals surface area contributed by atoms with Crippen LogP contribution in [0.3, 0.4) is 0 Å². The highest BCUT2D eigenvalue weighted by Crippen LogP contribution is 2.27. The number of sulfonamides is 1. The number of para-hydroxylation sites is 1. The molecule has 0 aliphatic heterocycles. The molecule has 1 atom stereocenters. The van der Waals surface area contributed by atoms with E-state index in [0.29, 0.717) is 11.3 Å². The van der Waals surface area contributed by atoms with E-state index in [2.05, 4.69) is 9.46 Å². The molecule has 6 nitrogen and oxygen atoms in total. The lowest BCUT2D eigenvalue weighted by molar-refractivity contribution is -0.274. The maximum absolute atomic E-state index is 12.4. The number of rotatable bonds is 8. The fourth-order valence-electron chi connectivity index (χ4n) is 2.34. The minimum Gasteiger partial charge on any atom is -0.496 e. The van der Waals surface area contributed by atoms with Gasteiger partial charge in [-0.15, -0.1) is 13.2 Å². The normalized spacial score (nSPS) is 13.2. The second-order valence-corrected chi connectivity index (χ2v) is 7.10. The van der Waals surface area contributed by atoms with Crippen LogP contribution in [0.2, 0.25) is 0 Å². The third kappa shape index (κ3) is 5.84. The summed E-state index contributed by atoms with van der Waals surface area (Å²) < 4.78 is 77.9. The summed E-state index contributed by atoms with van der Waals surface area (Å²) in [5, 5.41) is 0. The van der Waals surface area contributed by atoms with E-state index in [9.17, 15) is 21.6 Å². The van der Waals surface area contributed by atoms with Crippen molar-refractivity contribution in [1.82, 2.24) is 4.72 Å². The van der Waals surface area contributed by atoms with Gasteiger partial charge < -0.3 is 14.2 Å². The van der Waals surface area contributed by atoms with Crippen LogP contribution in [0.1, 0.15) is 11.7 Å². The molecule has 0 bridgehead atoms. The predicted octanol–water partition coefficient (Wildman–Crippen LogP) is 3.26. The number of methoxy groups -OCH3 is 2. The van der Waals surface area contributed by atoms with Crippen LogP contribution in [0.5, 0.6) is 11.5 Å². The third-order valence-corrected chi connectivity index (χ3v) is 5.04. The fourth-order valence-corrected chi connectivity index (χ4v) is 3.37. The van der Waals surface area contributed by atoms with E-state index in [-0.39, 0.29) is 11.4 Å². The van der Waals surface area contributed by atoms with Crippen molar-refractivity contribution in [1.29, 1.82) is 0 Å². The molecule has 0 amide bonds. The van der Waals surface area contributed by atoms with Crippen LogP contribution in [-0.2, 0) is 14.8 Å². The Hall–Kier alpha value is -2.30. The minimum absolute atomic E-state index is 0.0972. The molecule has 1 unspecified atom stereocenters. The van der Waals surface area contributed by atoms with E-state index in [1.54, 1.807) is 24.3 Å². The summed E-state index contributed by atoms with van der Waals surface area (Å²) in [6.07, 6.45) is -5.47.